The second-order valence-electron chi connectivity index (χ2n) is 8.04. The molecule has 0 saturated carbocycles. The maximum atomic E-state index is 12.7. The predicted octanol–water partition coefficient (Wildman–Crippen LogP) is 5.47. The fourth-order valence-corrected chi connectivity index (χ4v) is 5.38. The van der Waals surface area contributed by atoms with Crippen molar-refractivity contribution in [2.45, 2.75) is 11.4 Å². The van der Waals surface area contributed by atoms with Crippen molar-refractivity contribution in [3.05, 3.63) is 95.6 Å². The van der Waals surface area contributed by atoms with E-state index in [4.69, 9.17) is 10.5 Å². The average Bonchev–Trinajstić information content (AvgIpc) is 3.60. The monoisotopic (exact) mass is 526 g/mol. The Morgan fingerprint density at radius 1 is 1.08 bits per heavy atom. The van der Waals surface area contributed by atoms with Crippen molar-refractivity contribution < 1.29 is 8.95 Å². The van der Waals surface area contributed by atoms with Crippen LogP contribution >= 0.6 is 11.3 Å². The molecule has 0 bridgehead atoms. The summed E-state index contributed by atoms with van der Waals surface area (Å²) >= 11 is 1.35. The van der Waals surface area contributed by atoms with Crippen LogP contribution in [0.25, 0.3) is 22.4 Å². The second kappa shape index (κ2) is 10.8. The lowest BCUT2D eigenvalue weighted by Crippen LogP contribution is -2.05. The fraction of sp³-hybridized carbons (Fsp3) is 0.0741. The molecule has 0 spiro atoms. The van der Waals surface area contributed by atoms with Crippen molar-refractivity contribution in [2.24, 2.45) is 12.8 Å². The van der Waals surface area contributed by atoms with E-state index in [0.717, 1.165) is 27.9 Å². The highest BCUT2D eigenvalue weighted by molar-refractivity contribution is 7.86. The molecule has 37 heavy (non-hydrogen) atoms. The summed E-state index contributed by atoms with van der Waals surface area (Å²) in [4.78, 5) is 4.53. The minimum absolute atomic E-state index is 0.266. The number of nitrogens with one attached hydrogen (secondary N) is 1. The number of rotatable bonds is 8. The highest BCUT2D eigenvalue weighted by Crippen LogP contribution is 2.38. The molecule has 0 amide bonds. The van der Waals surface area contributed by atoms with Gasteiger partial charge in [-0.05, 0) is 59.2 Å². The summed E-state index contributed by atoms with van der Waals surface area (Å²) in [7, 11) is 0.295. The number of anilines is 1. The molecule has 2 heterocycles. The Bertz CT molecular complexity index is 1620. The lowest BCUT2D eigenvalue weighted by atomic mass is 9.99. The summed E-state index contributed by atoms with van der Waals surface area (Å²) in [6, 6.07) is 22.9. The van der Waals surface area contributed by atoms with Gasteiger partial charge >= 0.3 is 0 Å². The molecule has 1 atom stereocenters. The van der Waals surface area contributed by atoms with Gasteiger partial charge < -0.3 is 10.5 Å². The van der Waals surface area contributed by atoms with Gasteiger partial charge in [0.05, 0.1) is 16.2 Å². The van der Waals surface area contributed by atoms with Crippen LogP contribution in [-0.2, 0) is 24.6 Å². The Morgan fingerprint density at radius 3 is 2.65 bits per heavy atom. The number of hydrogen-bond acceptors (Lipinski definition) is 7. The van der Waals surface area contributed by atoms with E-state index < -0.39 is 11.0 Å². The topological polar surface area (TPSA) is 119 Å². The van der Waals surface area contributed by atoms with Crippen LogP contribution in [0.5, 0.6) is 11.5 Å². The molecule has 3 N–H and O–H groups in total. The molecule has 0 aliphatic rings. The van der Waals surface area contributed by atoms with Gasteiger partial charge in [-0.2, -0.15) is 10.4 Å². The van der Waals surface area contributed by atoms with Crippen LogP contribution in [-0.4, -0.2) is 19.0 Å². The molecule has 0 radical (unpaired) electrons. The van der Waals surface area contributed by atoms with E-state index in [0.29, 0.717) is 28.1 Å². The zero-order valence-corrected chi connectivity index (χ0v) is 21.4. The molecule has 0 aliphatic carbocycles. The third-order valence-corrected chi connectivity index (χ3v) is 7.57. The Labute approximate surface area is 220 Å². The van der Waals surface area contributed by atoms with Crippen molar-refractivity contribution in [3.8, 4) is 40.0 Å². The number of ether oxygens (including phenoxy) is 1. The molecule has 0 aliphatic heterocycles. The number of benzene rings is 3. The maximum Gasteiger partial charge on any atom is 0.194 e. The molecule has 2 aromatic heterocycles. The fourth-order valence-electron chi connectivity index (χ4n) is 3.85. The van der Waals surface area contributed by atoms with Crippen molar-refractivity contribution in [2.75, 3.05) is 4.72 Å². The third kappa shape index (κ3) is 5.29. The van der Waals surface area contributed by atoms with Gasteiger partial charge in [0.1, 0.15) is 17.6 Å². The minimum atomic E-state index is -1.57. The molecule has 0 saturated heterocycles. The first-order valence-corrected chi connectivity index (χ1v) is 13.3. The summed E-state index contributed by atoms with van der Waals surface area (Å²) < 4.78 is 23.6. The molecule has 8 nitrogen and oxygen atoms in total. The molecule has 0 fully saturated rings. The van der Waals surface area contributed by atoms with Crippen molar-refractivity contribution in [1.29, 1.82) is 5.26 Å². The number of nitriles is 1. The van der Waals surface area contributed by atoms with Gasteiger partial charge in [-0.25, -0.2) is 9.19 Å². The lowest BCUT2D eigenvalue weighted by molar-refractivity contribution is 0.482. The molecule has 184 valence electrons. The van der Waals surface area contributed by atoms with Crippen LogP contribution in [0.1, 0.15) is 11.1 Å². The van der Waals surface area contributed by atoms with E-state index >= 15 is 0 Å². The zero-order chi connectivity index (χ0) is 25.8. The van der Waals surface area contributed by atoms with Crippen molar-refractivity contribution >= 4 is 27.5 Å². The number of nitrogens with two attached hydrogens (primary N) is 1. The van der Waals surface area contributed by atoms with Crippen LogP contribution in [0.3, 0.4) is 0 Å². The van der Waals surface area contributed by atoms with E-state index in [1.807, 2.05) is 49.5 Å². The third-order valence-electron chi connectivity index (χ3n) is 5.69. The first kappa shape index (κ1) is 24.4. The van der Waals surface area contributed by atoms with Crippen LogP contribution in [0.4, 0.5) is 5.13 Å². The van der Waals surface area contributed by atoms with Gasteiger partial charge in [-0.15, -0.1) is 11.3 Å². The summed E-state index contributed by atoms with van der Waals surface area (Å²) in [5.74, 6) is 0.924. The molecule has 5 rings (SSSR count). The van der Waals surface area contributed by atoms with Gasteiger partial charge in [-0.3, -0.25) is 9.40 Å². The highest BCUT2D eigenvalue weighted by atomic mass is 32.2. The number of aryl methyl sites for hydroxylation is 1. The Morgan fingerprint density at radius 2 is 1.92 bits per heavy atom. The number of thiazole rings is 1. The highest BCUT2D eigenvalue weighted by Gasteiger charge is 2.16. The first-order chi connectivity index (χ1) is 18.1. The van der Waals surface area contributed by atoms with E-state index in [2.05, 4.69) is 26.9 Å². The SMILES string of the molecule is Cn1nccc1-c1cc(-c2cccc(CN)c2)ccc1Oc1ccc(S(=O)Nc2nccs2)cc1C#N. The summed E-state index contributed by atoms with van der Waals surface area (Å²) in [6.07, 6.45) is 3.35. The number of hydrogen-bond donors (Lipinski definition) is 2. The zero-order valence-electron chi connectivity index (χ0n) is 19.8. The second-order valence-corrected chi connectivity index (χ2v) is 10.1. The summed E-state index contributed by atoms with van der Waals surface area (Å²) in [5.41, 5.74) is 10.9. The normalized spacial score (nSPS) is 11.6. The van der Waals surface area contributed by atoms with E-state index in [1.165, 1.54) is 11.3 Å². The average molecular weight is 527 g/mol. The first-order valence-electron chi connectivity index (χ1n) is 11.3. The molecule has 5 aromatic rings. The standard InChI is InChI=1S/C27H22N6O2S2/c1-33-24(9-10-31-33)23-15-20(19-4-2-3-18(13-19)16-28)5-7-26(23)35-25-8-6-22(14-21(25)17-29)37(34)32-27-30-11-12-36-27/h2-15H,16,28H2,1H3,(H,30,32). The molecular weight excluding hydrogens is 504 g/mol. The van der Waals surface area contributed by atoms with E-state index in [-0.39, 0.29) is 5.56 Å². The Balaban J connectivity index is 1.50. The maximum absolute atomic E-state index is 12.7. The summed E-state index contributed by atoms with van der Waals surface area (Å²) in [6.45, 7) is 0.459. The number of nitrogens with zero attached hydrogens (tertiary/aromatic N) is 4. The summed E-state index contributed by atoms with van der Waals surface area (Å²) in [5, 5.41) is 16.5. The predicted molar refractivity (Wildman–Crippen MR) is 145 cm³/mol. The molecule has 1 unspecified atom stereocenters. The Kier molecular flexibility index (Phi) is 7.09. The van der Waals surface area contributed by atoms with Gasteiger partial charge in [0.15, 0.2) is 16.1 Å². The van der Waals surface area contributed by atoms with Crippen LogP contribution in [0, 0.1) is 11.3 Å². The molecular formula is C27H22N6O2S2. The number of aromatic nitrogens is 3. The van der Waals surface area contributed by atoms with Gasteiger partial charge in [0, 0.05) is 36.9 Å². The molecule has 10 heteroatoms. The Hall–Kier alpha value is -4.30. The van der Waals surface area contributed by atoms with Crippen LogP contribution in [0.15, 0.2) is 89.4 Å². The van der Waals surface area contributed by atoms with Crippen LogP contribution < -0.4 is 15.2 Å². The van der Waals surface area contributed by atoms with E-state index in [1.54, 1.807) is 40.7 Å². The minimum Gasteiger partial charge on any atom is -0.455 e. The molecule has 3 aromatic carbocycles. The lowest BCUT2D eigenvalue weighted by Gasteiger charge is -2.15. The largest absolute Gasteiger partial charge is 0.455 e. The van der Waals surface area contributed by atoms with Crippen LogP contribution in [0.2, 0.25) is 0 Å². The quantitative estimate of drug-likeness (QED) is 0.277. The smallest absolute Gasteiger partial charge is 0.194 e. The van der Waals surface area contributed by atoms with Crippen molar-refractivity contribution in [3.63, 3.8) is 0 Å². The van der Waals surface area contributed by atoms with Crippen molar-refractivity contribution in [1.82, 2.24) is 14.8 Å². The van der Waals surface area contributed by atoms with Gasteiger partial charge in [0.2, 0.25) is 0 Å². The van der Waals surface area contributed by atoms with E-state index in [9.17, 15) is 9.47 Å². The van der Waals surface area contributed by atoms with Gasteiger partial charge in [0.25, 0.3) is 0 Å². The van der Waals surface area contributed by atoms with Gasteiger partial charge in [-0.1, -0.05) is 24.3 Å².